The Kier molecular flexibility index (Phi) is 7.89. The van der Waals surface area contributed by atoms with Crippen molar-refractivity contribution in [2.75, 3.05) is 19.8 Å². The van der Waals surface area contributed by atoms with Gasteiger partial charge in [-0.15, -0.1) is 0 Å². The summed E-state index contributed by atoms with van der Waals surface area (Å²) in [5.41, 5.74) is 2.46. The van der Waals surface area contributed by atoms with Crippen molar-refractivity contribution in [1.82, 2.24) is 0 Å². The highest BCUT2D eigenvalue weighted by Gasteiger charge is 2.21. The third-order valence-corrected chi connectivity index (χ3v) is 4.38. The summed E-state index contributed by atoms with van der Waals surface area (Å²) >= 11 is 0. The van der Waals surface area contributed by atoms with Crippen molar-refractivity contribution >= 4 is 11.9 Å². The number of carbonyl (C=O) groups is 1. The van der Waals surface area contributed by atoms with Gasteiger partial charge in [-0.1, -0.05) is 20.8 Å². The van der Waals surface area contributed by atoms with E-state index in [2.05, 4.69) is 26.8 Å². The molecule has 2 aromatic carbocycles. The van der Waals surface area contributed by atoms with Gasteiger partial charge >= 0.3 is 0 Å². The van der Waals surface area contributed by atoms with E-state index in [1.807, 2.05) is 45.0 Å². The first-order valence-corrected chi connectivity index (χ1v) is 10.2. The van der Waals surface area contributed by atoms with Gasteiger partial charge in [0.25, 0.3) is 0 Å². The van der Waals surface area contributed by atoms with Crippen LogP contribution in [0.25, 0.3) is 6.08 Å². The molecule has 4 heteroatoms. The Balaban J connectivity index is 2.37. The minimum absolute atomic E-state index is 0.0679. The summed E-state index contributed by atoms with van der Waals surface area (Å²) in [6.45, 7) is 14.0. The molecule has 0 saturated heterocycles. The van der Waals surface area contributed by atoms with E-state index in [0.717, 1.165) is 22.6 Å². The van der Waals surface area contributed by atoms with Crippen LogP contribution in [0, 0.1) is 0 Å². The Bertz CT molecular complexity index is 842. The second kappa shape index (κ2) is 10.1. The molecule has 0 aliphatic rings. The van der Waals surface area contributed by atoms with Gasteiger partial charge in [0.2, 0.25) is 0 Å². The van der Waals surface area contributed by atoms with Gasteiger partial charge < -0.3 is 14.2 Å². The topological polar surface area (TPSA) is 44.8 Å². The fourth-order valence-electron chi connectivity index (χ4n) is 2.99. The largest absolute Gasteiger partial charge is 0.494 e. The maximum absolute atomic E-state index is 12.6. The number of hydrogen-bond acceptors (Lipinski definition) is 4. The minimum atomic E-state index is -0.100. The number of ether oxygens (including phenoxy) is 3. The minimum Gasteiger partial charge on any atom is -0.494 e. The number of rotatable bonds is 9. The van der Waals surface area contributed by atoms with Gasteiger partial charge in [-0.05, 0) is 68.7 Å². The molecule has 29 heavy (non-hydrogen) atoms. The first-order chi connectivity index (χ1) is 13.8. The van der Waals surface area contributed by atoms with E-state index in [9.17, 15) is 4.79 Å². The fraction of sp³-hybridized carbons (Fsp3) is 0.400. The van der Waals surface area contributed by atoms with Crippen LogP contribution in [0.15, 0.2) is 42.5 Å². The van der Waals surface area contributed by atoms with Crippen LogP contribution in [0.3, 0.4) is 0 Å². The molecule has 0 amide bonds. The van der Waals surface area contributed by atoms with Gasteiger partial charge in [0, 0.05) is 22.8 Å². The molecule has 2 rings (SSSR count). The smallest absolute Gasteiger partial charge is 0.185 e. The van der Waals surface area contributed by atoms with Crippen LogP contribution in [0.4, 0.5) is 0 Å². The zero-order valence-corrected chi connectivity index (χ0v) is 18.4. The third kappa shape index (κ3) is 6.11. The second-order valence-electron chi connectivity index (χ2n) is 7.66. The van der Waals surface area contributed by atoms with Crippen molar-refractivity contribution in [3.8, 4) is 17.2 Å². The molecule has 0 aliphatic heterocycles. The predicted molar refractivity (Wildman–Crippen MR) is 118 cm³/mol. The highest BCUT2D eigenvalue weighted by molar-refractivity contribution is 6.07. The molecular formula is C25H32O4. The van der Waals surface area contributed by atoms with E-state index in [1.54, 1.807) is 18.2 Å². The van der Waals surface area contributed by atoms with Crippen LogP contribution in [-0.4, -0.2) is 25.6 Å². The van der Waals surface area contributed by atoms with Crippen molar-refractivity contribution in [2.45, 2.75) is 47.0 Å². The molecule has 0 heterocycles. The van der Waals surface area contributed by atoms with E-state index in [-0.39, 0.29) is 11.2 Å². The van der Waals surface area contributed by atoms with Gasteiger partial charge in [0.1, 0.15) is 17.2 Å². The first-order valence-electron chi connectivity index (χ1n) is 10.2. The number of hydrogen-bond donors (Lipinski definition) is 0. The van der Waals surface area contributed by atoms with Gasteiger partial charge in [0.15, 0.2) is 5.78 Å². The first kappa shape index (κ1) is 22.5. The van der Waals surface area contributed by atoms with Crippen LogP contribution in [0.5, 0.6) is 17.2 Å². The summed E-state index contributed by atoms with van der Waals surface area (Å²) < 4.78 is 17.1. The highest BCUT2D eigenvalue weighted by atomic mass is 16.5. The van der Waals surface area contributed by atoms with E-state index >= 15 is 0 Å². The molecule has 4 nitrogen and oxygen atoms in total. The molecule has 2 aromatic rings. The Morgan fingerprint density at radius 3 is 2.00 bits per heavy atom. The third-order valence-electron chi connectivity index (χ3n) is 4.38. The average Bonchev–Trinajstić information content (AvgIpc) is 2.67. The van der Waals surface area contributed by atoms with Crippen molar-refractivity contribution < 1.29 is 19.0 Å². The molecule has 0 bridgehead atoms. The molecule has 0 aromatic heterocycles. The van der Waals surface area contributed by atoms with E-state index < -0.39 is 0 Å². The maximum Gasteiger partial charge on any atom is 0.185 e. The molecule has 0 radical (unpaired) electrons. The number of ketones is 1. The number of carbonyl (C=O) groups excluding carboxylic acids is 1. The maximum atomic E-state index is 12.6. The Morgan fingerprint density at radius 1 is 0.862 bits per heavy atom. The lowest BCUT2D eigenvalue weighted by Gasteiger charge is -2.24. The van der Waals surface area contributed by atoms with Crippen molar-refractivity contribution in [1.29, 1.82) is 0 Å². The SMILES string of the molecule is CCOc1ccc(C(=O)/C=C/c2cc(C(C)(C)C)c(OCC)cc2OCC)cc1. The predicted octanol–water partition coefficient (Wildman–Crippen LogP) is 6.08. The van der Waals surface area contributed by atoms with E-state index in [0.29, 0.717) is 31.1 Å². The molecule has 0 saturated carbocycles. The molecule has 0 N–H and O–H groups in total. The van der Waals surface area contributed by atoms with Crippen LogP contribution < -0.4 is 14.2 Å². The van der Waals surface area contributed by atoms with Crippen LogP contribution in [0.2, 0.25) is 0 Å². The van der Waals surface area contributed by atoms with Crippen LogP contribution in [0.1, 0.15) is 63.0 Å². The zero-order valence-electron chi connectivity index (χ0n) is 18.4. The standard InChI is InChI=1S/C25H32O4/c1-7-27-20-13-10-18(11-14-20)22(26)15-12-19-16-21(25(4,5)6)24(29-9-3)17-23(19)28-8-2/h10-17H,7-9H2,1-6H3/b15-12+. The monoisotopic (exact) mass is 396 g/mol. The lowest BCUT2D eigenvalue weighted by molar-refractivity contribution is 0.104. The van der Waals surface area contributed by atoms with Crippen LogP contribution >= 0.6 is 0 Å². The summed E-state index contributed by atoms with van der Waals surface area (Å²) in [6.07, 6.45) is 3.40. The summed E-state index contributed by atoms with van der Waals surface area (Å²) in [7, 11) is 0. The van der Waals surface area contributed by atoms with Gasteiger partial charge in [0.05, 0.1) is 19.8 Å². The number of benzene rings is 2. The normalized spacial score (nSPS) is 11.5. The van der Waals surface area contributed by atoms with Crippen LogP contribution in [-0.2, 0) is 5.41 Å². The van der Waals surface area contributed by atoms with Crippen molar-refractivity contribution in [3.05, 3.63) is 59.2 Å². The summed E-state index contributed by atoms with van der Waals surface area (Å²) in [5, 5.41) is 0. The number of allylic oxidation sites excluding steroid dienone is 1. The van der Waals surface area contributed by atoms with Crippen molar-refractivity contribution in [2.24, 2.45) is 0 Å². The summed E-state index contributed by atoms with van der Waals surface area (Å²) in [5.74, 6) is 2.22. The van der Waals surface area contributed by atoms with Gasteiger partial charge in [-0.25, -0.2) is 0 Å². The summed E-state index contributed by atoms with van der Waals surface area (Å²) in [4.78, 5) is 12.6. The average molecular weight is 397 g/mol. The molecule has 156 valence electrons. The molecule has 0 atom stereocenters. The Labute approximate surface area is 174 Å². The van der Waals surface area contributed by atoms with Gasteiger partial charge in [-0.3, -0.25) is 4.79 Å². The lowest BCUT2D eigenvalue weighted by Crippen LogP contribution is -2.14. The fourth-order valence-corrected chi connectivity index (χ4v) is 2.99. The lowest BCUT2D eigenvalue weighted by atomic mass is 9.85. The molecule has 0 aliphatic carbocycles. The van der Waals surface area contributed by atoms with Crippen molar-refractivity contribution in [3.63, 3.8) is 0 Å². The highest BCUT2D eigenvalue weighted by Crippen LogP contribution is 2.37. The molecule has 0 spiro atoms. The Morgan fingerprint density at radius 2 is 1.45 bits per heavy atom. The quantitative estimate of drug-likeness (QED) is 0.381. The van der Waals surface area contributed by atoms with Gasteiger partial charge in [-0.2, -0.15) is 0 Å². The molecular weight excluding hydrogens is 364 g/mol. The molecule has 0 unspecified atom stereocenters. The summed E-state index contributed by atoms with van der Waals surface area (Å²) in [6, 6.07) is 11.2. The molecule has 0 fully saturated rings. The second-order valence-corrected chi connectivity index (χ2v) is 7.66. The Hall–Kier alpha value is -2.75. The van der Waals surface area contributed by atoms with E-state index in [4.69, 9.17) is 14.2 Å². The van der Waals surface area contributed by atoms with E-state index in [1.165, 1.54) is 0 Å². The zero-order chi connectivity index (χ0) is 21.4.